The second kappa shape index (κ2) is 15.6. The summed E-state index contributed by atoms with van der Waals surface area (Å²) in [5.74, 6) is -0.443. The van der Waals surface area contributed by atoms with Crippen LogP contribution in [0.2, 0.25) is 0 Å². The molecule has 4 rings (SSSR count). The molecule has 0 saturated carbocycles. The fourth-order valence-electron chi connectivity index (χ4n) is 6.14. The van der Waals surface area contributed by atoms with E-state index in [0.717, 1.165) is 25.9 Å². The highest BCUT2D eigenvalue weighted by molar-refractivity contribution is 6.00. The molecular formula is C33H51FN4O3. The minimum absolute atomic E-state index is 0.0682. The first-order valence-corrected chi connectivity index (χ1v) is 16.2. The summed E-state index contributed by atoms with van der Waals surface area (Å²) in [7, 11) is 2.05. The third-order valence-corrected chi connectivity index (χ3v) is 8.77. The van der Waals surface area contributed by atoms with Crippen LogP contribution >= 0.6 is 0 Å². The Kier molecular flexibility index (Phi) is 11.9. The Morgan fingerprint density at radius 3 is 2.15 bits per heavy atom. The average Bonchev–Trinajstić information content (AvgIpc) is 2.96. The molecular weight excluding hydrogens is 519 g/mol. The Balaban J connectivity index is 1.30. The van der Waals surface area contributed by atoms with Gasteiger partial charge in [-0.05, 0) is 26.5 Å². The number of aromatic nitrogens is 1. The van der Waals surface area contributed by atoms with Crippen molar-refractivity contribution in [2.24, 2.45) is 0 Å². The van der Waals surface area contributed by atoms with E-state index >= 15 is 4.39 Å². The van der Waals surface area contributed by atoms with E-state index in [2.05, 4.69) is 24.2 Å². The summed E-state index contributed by atoms with van der Waals surface area (Å²) in [5, 5.41) is 3.14. The van der Waals surface area contributed by atoms with Gasteiger partial charge in [0.25, 0.3) is 5.91 Å². The summed E-state index contributed by atoms with van der Waals surface area (Å²) in [6.07, 6.45) is 18.2. The Labute approximate surface area is 245 Å². The summed E-state index contributed by atoms with van der Waals surface area (Å²) in [6.45, 7) is 8.18. The fourth-order valence-corrected chi connectivity index (χ4v) is 6.14. The molecule has 1 fully saturated rings. The van der Waals surface area contributed by atoms with Crippen molar-refractivity contribution in [3.8, 4) is 5.75 Å². The smallest absolute Gasteiger partial charge is 0.256 e. The predicted octanol–water partition coefficient (Wildman–Crippen LogP) is 6.67. The molecule has 3 heterocycles. The van der Waals surface area contributed by atoms with E-state index in [1.54, 1.807) is 6.20 Å². The van der Waals surface area contributed by atoms with Crippen molar-refractivity contribution >= 4 is 22.5 Å². The summed E-state index contributed by atoms with van der Waals surface area (Å²) >= 11 is 0. The molecule has 1 amide bonds. The molecule has 0 spiro atoms. The number of amides is 1. The SMILES string of the molecule is CCCCCCCCCCCCCCCNC(=O)c1cn2c3c(c(N4CCN(C)CC4)c(F)cc3c1=O)OC[C@@H]2C. The van der Waals surface area contributed by atoms with Gasteiger partial charge in [0.2, 0.25) is 5.43 Å². The van der Waals surface area contributed by atoms with Gasteiger partial charge < -0.3 is 24.4 Å². The normalized spacial score (nSPS) is 17.2. The van der Waals surface area contributed by atoms with Crippen molar-refractivity contribution in [2.75, 3.05) is 51.3 Å². The van der Waals surface area contributed by atoms with Crippen molar-refractivity contribution in [3.05, 3.63) is 33.9 Å². The minimum atomic E-state index is -0.472. The molecule has 1 saturated heterocycles. The van der Waals surface area contributed by atoms with Gasteiger partial charge in [0.1, 0.15) is 17.9 Å². The predicted molar refractivity (Wildman–Crippen MR) is 166 cm³/mol. The topological polar surface area (TPSA) is 66.8 Å². The van der Waals surface area contributed by atoms with Crippen LogP contribution in [0.4, 0.5) is 10.1 Å². The molecule has 1 aromatic carbocycles. The molecule has 8 heteroatoms. The van der Waals surface area contributed by atoms with E-state index in [4.69, 9.17) is 4.74 Å². The number of anilines is 1. The molecule has 7 nitrogen and oxygen atoms in total. The molecule has 2 aliphatic heterocycles. The Morgan fingerprint density at radius 2 is 1.54 bits per heavy atom. The first-order valence-electron chi connectivity index (χ1n) is 16.2. The number of nitrogens with one attached hydrogen (secondary N) is 1. The highest BCUT2D eigenvalue weighted by atomic mass is 19.1. The number of hydrogen-bond acceptors (Lipinski definition) is 5. The number of halogens is 1. The highest BCUT2D eigenvalue weighted by Gasteiger charge is 2.31. The maximum absolute atomic E-state index is 15.5. The van der Waals surface area contributed by atoms with E-state index in [9.17, 15) is 9.59 Å². The largest absolute Gasteiger partial charge is 0.487 e. The van der Waals surface area contributed by atoms with E-state index in [1.807, 2.05) is 16.4 Å². The molecule has 0 bridgehead atoms. The number of carbonyl (C=O) groups is 1. The summed E-state index contributed by atoms with van der Waals surface area (Å²) in [6, 6.07) is 1.22. The number of piperazine rings is 1. The van der Waals surface area contributed by atoms with Crippen LogP contribution in [0.5, 0.6) is 5.75 Å². The number of ether oxygens (including phenoxy) is 1. The maximum Gasteiger partial charge on any atom is 0.256 e. The lowest BCUT2D eigenvalue weighted by Crippen LogP contribution is -2.45. The summed E-state index contributed by atoms with van der Waals surface area (Å²) in [5.41, 5.74) is 0.628. The van der Waals surface area contributed by atoms with Crippen LogP contribution in [0.1, 0.15) is 114 Å². The van der Waals surface area contributed by atoms with E-state index in [0.29, 0.717) is 43.2 Å². The monoisotopic (exact) mass is 570 g/mol. The van der Waals surface area contributed by atoms with Gasteiger partial charge in [0, 0.05) is 38.9 Å². The third-order valence-electron chi connectivity index (χ3n) is 8.77. The zero-order chi connectivity index (χ0) is 29.2. The van der Waals surface area contributed by atoms with Gasteiger partial charge in [-0.3, -0.25) is 9.59 Å². The van der Waals surface area contributed by atoms with Crippen LogP contribution < -0.4 is 20.4 Å². The molecule has 2 aliphatic rings. The van der Waals surface area contributed by atoms with Gasteiger partial charge in [0.15, 0.2) is 11.6 Å². The van der Waals surface area contributed by atoms with Crippen LogP contribution in [0.3, 0.4) is 0 Å². The first-order chi connectivity index (χ1) is 19.9. The van der Waals surface area contributed by atoms with Gasteiger partial charge in [0.05, 0.1) is 16.9 Å². The second-order valence-electron chi connectivity index (χ2n) is 12.2. The van der Waals surface area contributed by atoms with E-state index < -0.39 is 11.2 Å². The molecule has 0 unspecified atom stereocenters. The van der Waals surface area contributed by atoms with Gasteiger partial charge in [-0.1, -0.05) is 84.0 Å². The lowest BCUT2D eigenvalue weighted by Gasteiger charge is -2.37. The zero-order valence-electron chi connectivity index (χ0n) is 25.6. The molecule has 41 heavy (non-hydrogen) atoms. The number of benzene rings is 1. The van der Waals surface area contributed by atoms with Gasteiger partial charge in [-0.15, -0.1) is 0 Å². The Bertz CT molecular complexity index is 1210. The lowest BCUT2D eigenvalue weighted by atomic mass is 10.0. The van der Waals surface area contributed by atoms with Gasteiger partial charge >= 0.3 is 0 Å². The number of hydrogen-bond donors (Lipinski definition) is 1. The number of likely N-dealkylation sites (N-methyl/N-ethyl adjacent to an activating group) is 1. The van der Waals surface area contributed by atoms with Crippen molar-refractivity contribution in [1.29, 1.82) is 0 Å². The Hall–Kier alpha value is -2.61. The molecule has 0 aliphatic carbocycles. The minimum Gasteiger partial charge on any atom is -0.487 e. The maximum atomic E-state index is 15.5. The van der Waals surface area contributed by atoms with Gasteiger partial charge in [-0.25, -0.2) is 4.39 Å². The van der Waals surface area contributed by atoms with Crippen LogP contribution in [-0.2, 0) is 0 Å². The fraction of sp³-hybridized carbons (Fsp3) is 0.697. The van der Waals surface area contributed by atoms with Crippen molar-refractivity contribution < 1.29 is 13.9 Å². The highest BCUT2D eigenvalue weighted by Crippen LogP contribution is 2.42. The Morgan fingerprint density at radius 1 is 0.951 bits per heavy atom. The second-order valence-corrected chi connectivity index (χ2v) is 12.2. The van der Waals surface area contributed by atoms with Crippen LogP contribution in [-0.4, -0.2) is 61.8 Å². The zero-order valence-corrected chi connectivity index (χ0v) is 25.6. The number of pyridine rings is 1. The van der Waals surface area contributed by atoms with Gasteiger partial charge in [-0.2, -0.15) is 0 Å². The van der Waals surface area contributed by atoms with Crippen LogP contribution in [0.15, 0.2) is 17.1 Å². The molecule has 1 aromatic heterocycles. The van der Waals surface area contributed by atoms with E-state index in [-0.39, 0.29) is 22.9 Å². The quantitative estimate of drug-likeness (QED) is 0.229. The average molecular weight is 571 g/mol. The standard InChI is InChI=1S/C33H51FN4O3/c1-4-5-6-7-8-9-10-11-12-13-14-15-16-17-35-33(40)27-23-38-25(2)24-41-32-29(38)26(31(27)39)22-28(34)30(32)37-20-18-36(3)19-21-37/h22-23,25H,4-21,24H2,1-3H3,(H,35,40)/t25-/m0/s1. The van der Waals surface area contributed by atoms with Crippen molar-refractivity contribution in [2.45, 2.75) is 103 Å². The van der Waals surface area contributed by atoms with E-state index in [1.165, 1.54) is 76.7 Å². The van der Waals surface area contributed by atoms with Crippen molar-refractivity contribution in [1.82, 2.24) is 14.8 Å². The summed E-state index contributed by atoms with van der Waals surface area (Å²) < 4.78 is 23.5. The molecule has 1 N–H and O–H groups in total. The van der Waals surface area contributed by atoms with Crippen molar-refractivity contribution in [3.63, 3.8) is 0 Å². The number of unbranched alkanes of at least 4 members (excludes halogenated alkanes) is 12. The van der Waals surface area contributed by atoms with Crippen LogP contribution in [0.25, 0.3) is 10.9 Å². The first kappa shape index (κ1) is 31.3. The third kappa shape index (κ3) is 8.02. The number of nitrogens with zero attached hydrogens (tertiary/aromatic N) is 3. The summed E-state index contributed by atoms with van der Waals surface area (Å²) in [4.78, 5) is 30.7. The molecule has 228 valence electrons. The lowest BCUT2D eigenvalue weighted by molar-refractivity contribution is 0.0950. The molecule has 0 radical (unpaired) electrons. The molecule has 1 atom stereocenters. The number of rotatable bonds is 16. The number of carbonyl (C=O) groups excluding carboxylic acids is 1. The molecule has 2 aromatic rings. The van der Waals surface area contributed by atoms with Crippen LogP contribution in [0, 0.1) is 5.82 Å².